The minimum absolute atomic E-state index is 0.426. The maximum atomic E-state index is 3.39. The van der Waals surface area contributed by atoms with Gasteiger partial charge in [0.05, 0.1) is 0 Å². The van der Waals surface area contributed by atoms with Gasteiger partial charge in [0.1, 0.15) is 0 Å². The summed E-state index contributed by atoms with van der Waals surface area (Å²) in [4.78, 5) is 0. The molecule has 1 heteroatoms. The summed E-state index contributed by atoms with van der Waals surface area (Å²) in [6.07, 6.45) is 10.4. The van der Waals surface area contributed by atoms with Crippen molar-refractivity contribution in [2.45, 2.75) is 25.3 Å². The number of nitrogens with one attached hydrogen (secondary N) is 1. The van der Waals surface area contributed by atoms with E-state index in [4.69, 9.17) is 0 Å². The SMILES string of the molecule is CNC(CC1=CCCC=C1)c1ccccc1. The smallest absolute Gasteiger partial charge is 0.0358 e. The first-order valence-corrected chi connectivity index (χ1v) is 5.98. The van der Waals surface area contributed by atoms with Crippen LogP contribution < -0.4 is 5.32 Å². The number of allylic oxidation sites excluding steroid dienone is 3. The van der Waals surface area contributed by atoms with E-state index in [0.717, 1.165) is 6.42 Å². The number of hydrogen-bond acceptors (Lipinski definition) is 1. The molecule has 0 saturated carbocycles. The standard InChI is InChI=1S/C15H19N/c1-16-15(14-10-6-3-7-11-14)12-13-8-4-2-5-9-13/h3-4,6-11,15-16H,2,5,12H2,1H3. The second-order valence-corrected chi connectivity index (χ2v) is 4.21. The van der Waals surface area contributed by atoms with Crippen LogP contribution in [-0.4, -0.2) is 7.05 Å². The number of hydrogen-bond donors (Lipinski definition) is 1. The van der Waals surface area contributed by atoms with Gasteiger partial charge in [0.25, 0.3) is 0 Å². The maximum Gasteiger partial charge on any atom is 0.0358 e. The van der Waals surface area contributed by atoms with Crippen LogP contribution in [0.3, 0.4) is 0 Å². The molecule has 0 spiro atoms. The maximum absolute atomic E-state index is 3.39. The third-order valence-electron chi connectivity index (χ3n) is 3.06. The van der Waals surface area contributed by atoms with Crippen molar-refractivity contribution >= 4 is 0 Å². The van der Waals surface area contributed by atoms with Gasteiger partial charge in [-0.1, -0.05) is 54.1 Å². The van der Waals surface area contributed by atoms with Crippen molar-refractivity contribution in [1.82, 2.24) is 5.32 Å². The third-order valence-corrected chi connectivity index (χ3v) is 3.06. The Morgan fingerprint density at radius 2 is 2.00 bits per heavy atom. The molecule has 1 aromatic carbocycles. The molecule has 1 aliphatic rings. The molecule has 1 nitrogen and oxygen atoms in total. The van der Waals surface area contributed by atoms with E-state index < -0.39 is 0 Å². The van der Waals surface area contributed by atoms with Gasteiger partial charge in [-0.15, -0.1) is 0 Å². The molecular weight excluding hydrogens is 194 g/mol. The Bertz CT molecular complexity index is 376. The molecule has 0 fully saturated rings. The zero-order valence-electron chi connectivity index (χ0n) is 9.82. The molecule has 0 aromatic heterocycles. The lowest BCUT2D eigenvalue weighted by Gasteiger charge is -2.18. The average Bonchev–Trinajstić information content (AvgIpc) is 2.38. The normalized spacial score (nSPS) is 16.9. The predicted molar refractivity (Wildman–Crippen MR) is 69.3 cm³/mol. The fourth-order valence-electron chi connectivity index (χ4n) is 2.13. The average molecular weight is 213 g/mol. The zero-order valence-corrected chi connectivity index (χ0v) is 9.82. The highest BCUT2D eigenvalue weighted by Crippen LogP contribution is 2.23. The lowest BCUT2D eigenvalue weighted by atomic mass is 9.96. The minimum Gasteiger partial charge on any atom is -0.313 e. The van der Waals surface area contributed by atoms with Crippen LogP contribution in [0.15, 0.2) is 54.1 Å². The summed E-state index contributed by atoms with van der Waals surface area (Å²) in [7, 11) is 2.03. The van der Waals surface area contributed by atoms with Crippen LogP contribution in [-0.2, 0) is 0 Å². The summed E-state index contributed by atoms with van der Waals surface area (Å²) in [6.45, 7) is 0. The molecule has 2 rings (SSSR count). The molecule has 0 aliphatic heterocycles. The van der Waals surface area contributed by atoms with E-state index >= 15 is 0 Å². The quantitative estimate of drug-likeness (QED) is 0.805. The number of rotatable bonds is 4. The van der Waals surface area contributed by atoms with Crippen LogP contribution in [0.1, 0.15) is 30.9 Å². The fraction of sp³-hybridized carbons (Fsp3) is 0.333. The van der Waals surface area contributed by atoms with Gasteiger partial charge in [-0.05, 0) is 31.9 Å². The van der Waals surface area contributed by atoms with Crippen LogP contribution in [0.5, 0.6) is 0 Å². The molecule has 0 amide bonds. The number of benzene rings is 1. The van der Waals surface area contributed by atoms with E-state index in [0.29, 0.717) is 6.04 Å². The lowest BCUT2D eigenvalue weighted by Crippen LogP contribution is -2.16. The summed E-state index contributed by atoms with van der Waals surface area (Å²) in [5.41, 5.74) is 2.82. The second kappa shape index (κ2) is 5.66. The lowest BCUT2D eigenvalue weighted by molar-refractivity contribution is 0.592. The summed E-state index contributed by atoms with van der Waals surface area (Å²) < 4.78 is 0. The predicted octanol–water partition coefficient (Wildman–Crippen LogP) is 3.61. The van der Waals surface area contributed by atoms with E-state index in [-0.39, 0.29) is 0 Å². The first-order chi connectivity index (χ1) is 7.90. The van der Waals surface area contributed by atoms with E-state index in [9.17, 15) is 0 Å². The second-order valence-electron chi connectivity index (χ2n) is 4.21. The molecule has 1 unspecified atom stereocenters. The summed E-state index contributed by atoms with van der Waals surface area (Å²) in [5, 5.41) is 3.39. The molecule has 1 aliphatic carbocycles. The van der Waals surface area contributed by atoms with Crippen LogP contribution in [0.4, 0.5) is 0 Å². The van der Waals surface area contributed by atoms with Crippen molar-refractivity contribution in [3.8, 4) is 0 Å². The molecule has 0 radical (unpaired) electrons. The Labute approximate surface area is 97.9 Å². The Morgan fingerprint density at radius 3 is 2.62 bits per heavy atom. The molecule has 1 N–H and O–H groups in total. The monoisotopic (exact) mass is 213 g/mol. The van der Waals surface area contributed by atoms with Gasteiger partial charge in [-0.3, -0.25) is 0 Å². The molecule has 16 heavy (non-hydrogen) atoms. The Hall–Kier alpha value is -1.34. The molecular formula is C15H19N. The van der Waals surface area contributed by atoms with Crippen molar-refractivity contribution < 1.29 is 0 Å². The molecule has 1 aromatic rings. The van der Waals surface area contributed by atoms with Crippen LogP contribution in [0, 0.1) is 0 Å². The fourth-order valence-corrected chi connectivity index (χ4v) is 2.13. The van der Waals surface area contributed by atoms with Crippen LogP contribution in [0.2, 0.25) is 0 Å². The van der Waals surface area contributed by atoms with Crippen molar-refractivity contribution in [2.24, 2.45) is 0 Å². The summed E-state index contributed by atoms with van der Waals surface area (Å²) in [6, 6.07) is 11.1. The first-order valence-electron chi connectivity index (χ1n) is 5.98. The summed E-state index contributed by atoms with van der Waals surface area (Å²) >= 11 is 0. The van der Waals surface area contributed by atoms with Gasteiger partial charge >= 0.3 is 0 Å². The van der Waals surface area contributed by atoms with Crippen molar-refractivity contribution in [3.63, 3.8) is 0 Å². The molecule has 84 valence electrons. The molecule has 1 atom stereocenters. The van der Waals surface area contributed by atoms with Gasteiger partial charge in [-0.2, -0.15) is 0 Å². The van der Waals surface area contributed by atoms with Crippen molar-refractivity contribution in [1.29, 1.82) is 0 Å². The van der Waals surface area contributed by atoms with Gasteiger partial charge < -0.3 is 5.32 Å². The van der Waals surface area contributed by atoms with Crippen LogP contribution in [0.25, 0.3) is 0 Å². The van der Waals surface area contributed by atoms with Gasteiger partial charge in [0, 0.05) is 6.04 Å². The van der Waals surface area contributed by atoms with Crippen LogP contribution >= 0.6 is 0 Å². The van der Waals surface area contributed by atoms with E-state index in [2.05, 4.69) is 53.9 Å². The molecule has 0 saturated heterocycles. The van der Waals surface area contributed by atoms with Gasteiger partial charge in [-0.25, -0.2) is 0 Å². The molecule has 0 heterocycles. The van der Waals surface area contributed by atoms with Crippen molar-refractivity contribution in [2.75, 3.05) is 7.05 Å². The topological polar surface area (TPSA) is 12.0 Å². The van der Waals surface area contributed by atoms with Crippen molar-refractivity contribution in [3.05, 3.63) is 59.7 Å². The van der Waals surface area contributed by atoms with Gasteiger partial charge in [0.15, 0.2) is 0 Å². The van der Waals surface area contributed by atoms with E-state index in [1.54, 1.807) is 0 Å². The largest absolute Gasteiger partial charge is 0.313 e. The highest BCUT2D eigenvalue weighted by Gasteiger charge is 2.10. The Kier molecular flexibility index (Phi) is 3.95. The van der Waals surface area contributed by atoms with Gasteiger partial charge in [0.2, 0.25) is 0 Å². The highest BCUT2D eigenvalue weighted by atomic mass is 14.9. The minimum atomic E-state index is 0.426. The third kappa shape index (κ3) is 2.83. The highest BCUT2D eigenvalue weighted by molar-refractivity contribution is 5.27. The Balaban J connectivity index is 2.06. The Morgan fingerprint density at radius 1 is 1.19 bits per heavy atom. The van der Waals surface area contributed by atoms with E-state index in [1.807, 2.05) is 7.05 Å². The first kappa shape index (κ1) is 11.2. The van der Waals surface area contributed by atoms with E-state index in [1.165, 1.54) is 24.0 Å². The zero-order chi connectivity index (χ0) is 11.2. The molecule has 0 bridgehead atoms. The summed E-state index contributed by atoms with van der Waals surface area (Å²) in [5.74, 6) is 0.